The van der Waals surface area contributed by atoms with E-state index in [0.717, 1.165) is 19.6 Å². The highest BCUT2D eigenvalue weighted by atomic mass is 16.5. The fourth-order valence-electron chi connectivity index (χ4n) is 4.05. The summed E-state index contributed by atoms with van der Waals surface area (Å²) in [6, 6.07) is 0.340. The Morgan fingerprint density at radius 3 is 2.26 bits per heavy atom. The Hall–Kier alpha value is -1.34. The maximum atomic E-state index is 12.7. The number of morpholine rings is 1. The summed E-state index contributed by atoms with van der Waals surface area (Å²) >= 11 is 0. The second kappa shape index (κ2) is 6.28. The third kappa shape index (κ3) is 3.30. The molecule has 0 aromatic rings. The van der Waals surface area contributed by atoms with Crippen LogP contribution >= 0.6 is 0 Å². The Morgan fingerprint density at radius 1 is 0.957 bits per heavy atom. The van der Waals surface area contributed by atoms with Crippen molar-refractivity contribution < 1.29 is 14.3 Å². The van der Waals surface area contributed by atoms with Crippen LogP contribution in [0.3, 0.4) is 0 Å². The second-order valence-electron chi connectivity index (χ2n) is 7.39. The first kappa shape index (κ1) is 16.5. The summed E-state index contributed by atoms with van der Waals surface area (Å²) in [6.45, 7) is 12.4. The van der Waals surface area contributed by atoms with E-state index < -0.39 is 0 Å². The van der Waals surface area contributed by atoms with Gasteiger partial charge in [0.05, 0.1) is 13.2 Å². The summed E-state index contributed by atoms with van der Waals surface area (Å²) in [5.74, 6) is 0.120. The summed E-state index contributed by atoms with van der Waals surface area (Å²) in [6.07, 6.45) is 0. The van der Waals surface area contributed by atoms with Gasteiger partial charge in [0.25, 0.3) is 0 Å². The van der Waals surface area contributed by atoms with E-state index in [4.69, 9.17) is 4.74 Å². The largest absolute Gasteiger partial charge is 0.378 e. The van der Waals surface area contributed by atoms with Gasteiger partial charge >= 0.3 is 6.03 Å². The first-order valence-corrected chi connectivity index (χ1v) is 8.52. The number of ether oxygens (including phenoxy) is 1. The zero-order chi connectivity index (χ0) is 16.6. The van der Waals surface area contributed by atoms with Crippen molar-refractivity contribution in [3.8, 4) is 0 Å². The highest BCUT2D eigenvalue weighted by Crippen LogP contribution is 2.28. The molecule has 3 amide bonds. The summed E-state index contributed by atoms with van der Waals surface area (Å²) in [5.41, 5.74) is -0.0390. The fraction of sp³-hybridized carbons (Fsp3) is 0.875. The Labute approximate surface area is 138 Å². The predicted octanol–water partition coefficient (Wildman–Crippen LogP) is 0.0655. The highest BCUT2D eigenvalue weighted by molar-refractivity contribution is 5.75. The van der Waals surface area contributed by atoms with E-state index in [9.17, 15) is 9.59 Å². The molecule has 0 aliphatic carbocycles. The first-order valence-electron chi connectivity index (χ1n) is 8.52. The van der Waals surface area contributed by atoms with Crippen LogP contribution in [-0.4, -0.2) is 102 Å². The molecule has 0 bridgehead atoms. The average Bonchev–Trinajstić information content (AvgIpc) is 2.53. The van der Waals surface area contributed by atoms with Crippen LogP contribution in [0.1, 0.15) is 20.8 Å². The summed E-state index contributed by atoms with van der Waals surface area (Å²) in [5, 5.41) is 0. The molecule has 7 nitrogen and oxygen atoms in total. The molecule has 23 heavy (non-hydrogen) atoms. The minimum Gasteiger partial charge on any atom is -0.378 e. The molecule has 0 aromatic heterocycles. The van der Waals surface area contributed by atoms with Gasteiger partial charge in [-0.3, -0.25) is 9.69 Å². The number of rotatable bonds is 0. The van der Waals surface area contributed by atoms with Gasteiger partial charge in [0.1, 0.15) is 0 Å². The highest BCUT2D eigenvalue weighted by Gasteiger charge is 2.44. The van der Waals surface area contributed by atoms with E-state index in [1.807, 2.05) is 14.7 Å². The van der Waals surface area contributed by atoms with Crippen molar-refractivity contribution in [1.29, 1.82) is 0 Å². The van der Waals surface area contributed by atoms with Crippen LogP contribution in [0.4, 0.5) is 4.79 Å². The molecule has 1 unspecified atom stereocenters. The third-order valence-corrected chi connectivity index (χ3v) is 5.27. The Balaban J connectivity index is 1.68. The Morgan fingerprint density at radius 2 is 1.61 bits per heavy atom. The lowest BCUT2D eigenvalue weighted by atomic mass is 9.93. The van der Waals surface area contributed by atoms with Gasteiger partial charge in [0.15, 0.2) is 0 Å². The monoisotopic (exact) mass is 324 g/mol. The van der Waals surface area contributed by atoms with E-state index in [2.05, 4.69) is 18.7 Å². The maximum Gasteiger partial charge on any atom is 0.320 e. The van der Waals surface area contributed by atoms with Gasteiger partial charge in [-0.05, 0) is 13.8 Å². The van der Waals surface area contributed by atoms with E-state index in [1.54, 1.807) is 6.92 Å². The Kier molecular flexibility index (Phi) is 4.51. The molecule has 3 aliphatic heterocycles. The van der Waals surface area contributed by atoms with Crippen LogP contribution in [0.2, 0.25) is 0 Å². The van der Waals surface area contributed by atoms with Gasteiger partial charge in [0, 0.05) is 64.3 Å². The number of urea groups is 1. The molecule has 3 saturated heterocycles. The average molecular weight is 324 g/mol. The lowest BCUT2D eigenvalue weighted by molar-refractivity contribution is -0.138. The summed E-state index contributed by atoms with van der Waals surface area (Å²) < 4.78 is 5.33. The van der Waals surface area contributed by atoms with Crippen molar-refractivity contribution in [1.82, 2.24) is 19.6 Å². The lowest BCUT2D eigenvalue weighted by Crippen LogP contribution is -2.71. The van der Waals surface area contributed by atoms with E-state index in [0.29, 0.717) is 39.4 Å². The van der Waals surface area contributed by atoms with Crippen molar-refractivity contribution in [3.63, 3.8) is 0 Å². The standard InChI is InChI=1S/C16H28N4O3/c1-13(21)19-11-14-10-18(4-5-20(14)16(2,3)12-19)15(22)17-6-8-23-9-7-17/h14H,4-12H2,1-3H3. The molecule has 3 aliphatic rings. The molecule has 0 radical (unpaired) electrons. The first-order chi connectivity index (χ1) is 10.9. The zero-order valence-electron chi connectivity index (χ0n) is 14.5. The number of carbonyl (C=O) groups excluding carboxylic acids is 2. The van der Waals surface area contributed by atoms with Gasteiger partial charge in [0.2, 0.25) is 5.91 Å². The van der Waals surface area contributed by atoms with Crippen LogP contribution in [0.25, 0.3) is 0 Å². The van der Waals surface area contributed by atoms with Crippen molar-refractivity contribution in [2.75, 3.05) is 59.0 Å². The topological polar surface area (TPSA) is 56.3 Å². The molecule has 0 N–H and O–H groups in total. The van der Waals surface area contributed by atoms with Gasteiger partial charge in [-0.25, -0.2) is 4.79 Å². The van der Waals surface area contributed by atoms with E-state index >= 15 is 0 Å². The molecule has 3 fully saturated rings. The van der Waals surface area contributed by atoms with Crippen molar-refractivity contribution in [2.24, 2.45) is 0 Å². The minimum atomic E-state index is -0.0390. The maximum absolute atomic E-state index is 12.7. The zero-order valence-corrected chi connectivity index (χ0v) is 14.5. The number of carbonyl (C=O) groups is 2. The molecular formula is C16H28N4O3. The SMILES string of the molecule is CC(=O)N1CC2CN(C(=O)N3CCOCC3)CCN2C(C)(C)C1. The minimum absolute atomic E-state index is 0.0390. The number of nitrogens with zero attached hydrogens (tertiary/aromatic N) is 4. The van der Waals surface area contributed by atoms with Gasteiger partial charge < -0.3 is 19.4 Å². The molecule has 3 rings (SSSR count). The van der Waals surface area contributed by atoms with Crippen LogP contribution in [-0.2, 0) is 9.53 Å². The quantitative estimate of drug-likeness (QED) is 0.633. The van der Waals surface area contributed by atoms with Gasteiger partial charge in [-0.1, -0.05) is 0 Å². The smallest absolute Gasteiger partial charge is 0.320 e. The summed E-state index contributed by atoms with van der Waals surface area (Å²) in [7, 11) is 0. The van der Waals surface area contributed by atoms with Crippen molar-refractivity contribution >= 4 is 11.9 Å². The second-order valence-corrected chi connectivity index (χ2v) is 7.39. The number of piperazine rings is 2. The van der Waals surface area contributed by atoms with Gasteiger partial charge in [-0.2, -0.15) is 0 Å². The Bertz CT molecular complexity index is 476. The normalized spacial score (nSPS) is 28.5. The fourth-order valence-corrected chi connectivity index (χ4v) is 4.05. The molecule has 0 aromatic carbocycles. The molecule has 7 heteroatoms. The summed E-state index contributed by atoms with van der Waals surface area (Å²) in [4.78, 5) is 32.8. The number of hydrogen-bond donors (Lipinski definition) is 0. The molecule has 0 spiro atoms. The van der Waals surface area contributed by atoms with E-state index in [1.165, 1.54) is 0 Å². The molecule has 3 heterocycles. The molecular weight excluding hydrogens is 296 g/mol. The van der Waals surface area contributed by atoms with Gasteiger partial charge in [-0.15, -0.1) is 0 Å². The van der Waals surface area contributed by atoms with Crippen LogP contribution < -0.4 is 0 Å². The number of fused-ring (bicyclic) bond motifs is 1. The third-order valence-electron chi connectivity index (χ3n) is 5.27. The number of hydrogen-bond acceptors (Lipinski definition) is 4. The molecule has 0 saturated carbocycles. The predicted molar refractivity (Wildman–Crippen MR) is 86.2 cm³/mol. The van der Waals surface area contributed by atoms with Crippen molar-refractivity contribution in [3.05, 3.63) is 0 Å². The van der Waals surface area contributed by atoms with Crippen molar-refractivity contribution in [2.45, 2.75) is 32.4 Å². The van der Waals surface area contributed by atoms with E-state index in [-0.39, 0.29) is 23.5 Å². The van der Waals surface area contributed by atoms with Crippen LogP contribution in [0, 0.1) is 0 Å². The molecule has 1 atom stereocenters. The van der Waals surface area contributed by atoms with Crippen LogP contribution in [0.15, 0.2) is 0 Å². The lowest BCUT2D eigenvalue weighted by Gasteiger charge is -2.55. The molecule has 130 valence electrons. The number of amides is 3. The van der Waals surface area contributed by atoms with Crippen LogP contribution in [0.5, 0.6) is 0 Å².